The Balaban J connectivity index is 1.54. The van der Waals surface area contributed by atoms with Crippen LogP contribution in [0.15, 0.2) is 97.6 Å². The summed E-state index contributed by atoms with van der Waals surface area (Å²) in [6.07, 6.45) is 8.70. The number of pyridine rings is 2. The third-order valence-corrected chi connectivity index (χ3v) is 4.73. The van der Waals surface area contributed by atoms with E-state index in [0.29, 0.717) is 5.56 Å². The maximum Gasteiger partial charge on any atom is 0.335 e. The van der Waals surface area contributed by atoms with E-state index in [0.717, 1.165) is 28.8 Å². The van der Waals surface area contributed by atoms with Crippen LogP contribution in [-0.2, 0) is 0 Å². The summed E-state index contributed by atoms with van der Waals surface area (Å²) in [6, 6.07) is 22.3. The molecule has 0 aliphatic carbocycles. The van der Waals surface area contributed by atoms with Crippen molar-refractivity contribution in [3.8, 4) is 22.5 Å². The van der Waals surface area contributed by atoms with Crippen LogP contribution in [0, 0.1) is 0 Å². The van der Waals surface area contributed by atoms with Gasteiger partial charge in [-0.1, -0.05) is 0 Å². The summed E-state index contributed by atoms with van der Waals surface area (Å²) in [4.78, 5) is 21.8. The molecule has 0 bridgehead atoms. The van der Waals surface area contributed by atoms with E-state index in [4.69, 9.17) is 5.11 Å². The van der Waals surface area contributed by atoms with Crippen molar-refractivity contribution < 1.29 is 23.8 Å². The SMILES string of the molecule is O=Cc1ccc(-[n+]2ccc(-c3cc[n+](-c4ccc(C(=O)O)cc4)cc3)cc2)cc1. The zero-order valence-corrected chi connectivity index (χ0v) is 15.5. The number of aromatic carboxylic acids is 1. The molecular formula is C24H18N2O3+2. The smallest absolute Gasteiger partial charge is 0.335 e. The Hall–Kier alpha value is -4.12. The number of nitrogens with zero attached hydrogens (tertiary/aromatic N) is 2. The predicted octanol–water partition coefficient (Wildman–Crippen LogP) is 3.42. The molecule has 0 aliphatic heterocycles. The molecule has 0 amide bonds. The van der Waals surface area contributed by atoms with Crippen molar-refractivity contribution in [3.05, 3.63) is 109 Å². The van der Waals surface area contributed by atoms with Crippen molar-refractivity contribution in [1.82, 2.24) is 0 Å². The molecule has 2 aromatic heterocycles. The van der Waals surface area contributed by atoms with Gasteiger partial charge in [0.15, 0.2) is 24.8 Å². The molecule has 1 N–H and O–H groups in total. The van der Waals surface area contributed by atoms with E-state index in [9.17, 15) is 9.59 Å². The van der Waals surface area contributed by atoms with Crippen molar-refractivity contribution in [2.45, 2.75) is 0 Å². The Morgan fingerprint density at radius 3 is 1.45 bits per heavy atom. The first-order chi connectivity index (χ1) is 14.1. The summed E-state index contributed by atoms with van der Waals surface area (Å²) >= 11 is 0. The molecule has 0 atom stereocenters. The van der Waals surface area contributed by atoms with Gasteiger partial charge in [0.2, 0.25) is 11.4 Å². The van der Waals surface area contributed by atoms with Crippen LogP contribution in [0.2, 0.25) is 0 Å². The fraction of sp³-hybridized carbons (Fsp3) is 0. The first-order valence-electron chi connectivity index (χ1n) is 9.06. The Morgan fingerprint density at radius 1 is 0.655 bits per heavy atom. The second-order valence-electron chi connectivity index (χ2n) is 6.55. The van der Waals surface area contributed by atoms with Gasteiger partial charge in [-0.25, -0.2) is 4.79 Å². The maximum absolute atomic E-state index is 11.0. The molecule has 29 heavy (non-hydrogen) atoms. The van der Waals surface area contributed by atoms with E-state index in [2.05, 4.69) is 0 Å². The summed E-state index contributed by atoms with van der Waals surface area (Å²) < 4.78 is 3.93. The summed E-state index contributed by atoms with van der Waals surface area (Å²) in [6.45, 7) is 0. The summed E-state index contributed by atoms with van der Waals surface area (Å²) in [5, 5.41) is 9.00. The number of carboxylic acids is 1. The Kier molecular flexibility index (Phi) is 4.95. The minimum Gasteiger partial charge on any atom is -0.478 e. The molecule has 2 aromatic carbocycles. The topological polar surface area (TPSA) is 62.1 Å². The molecular weight excluding hydrogens is 364 g/mol. The second kappa shape index (κ2) is 7.86. The number of carboxylic acid groups (broad SMARTS) is 1. The normalized spacial score (nSPS) is 10.5. The third kappa shape index (κ3) is 3.94. The summed E-state index contributed by atoms with van der Waals surface area (Å²) in [5.74, 6) is -0.933. The van der Waals surface area contributed by atoms with Crippen LogP contribution >= 0.6 is 0 Å². The van der Waals surface area contributed by atoms with Gasteiger partial charge in [0, 0.05) is 54.1 Å². The molecule has 0 saturated carbocycles. The highest BCUT2D eigenvalue weighted by Gasteiger charge is 2.10. The van der Waals surface area contributed by atoms with Crippen LogP contribution in [0.25, 0.3) is 22.5 Å². The molecule has 5 heteroatoms. The van der Waals surface area contributed by atoms with Gasteiger partial charge in [-0.15, -0.1) is 0 Å². The predicted molar refractivity (Wildman–Crippen MR) is 107 cm³/mol. The van der Waals surface area contributed by atoms with E-state index in [1.165, 1.54) is 0 Å². The molecule has 0 saturated heterocycles. The van der Waals surface area contributed by atoms with Crippen LogP contribution in [0.3, 0.4) is 0 Å². The average Bonchev–Trinajstić information content (AvgIpc) is 2.79. The van der Waals surface area contributed by atoms with Crippen molar-refractivity contribution >= 4 is 12.3 Å². The van der Waals surface area contributed by atoms with Crippen molar-refractivity contribution in [3.63, 3.8) is 0 Å². The molecule has 0 fully saturated rings. The maximum atomic E-state index is 11.0. The molecule has 0 aliphatic rings. The Bertz CT molecular complexity index is 1150. The van der Waals surface area contributed by atoms with Gasteiger partial charge < -0.3 is 5.11 Å². The number of benzene rings is 2. The molecule has 4 aromatic rings. The first kappa shape index (κ1) is 18.3. The zero-order chi connectivity index (χ0) is 20.2. The molecule has 5 nitrogen and oxygen atoms in total. The van der Waals surface area contributed by atoms with Crippen molar-refractivity contribution in [2.75, 3.05) is 0 Å². The minimum atomic E-state index is -0.933. The second-order valence-corrected chi connectivity index (χ2v) is 6.55. The molecule has 0 spiro atoms. The molecule has 0 unspecified atom stereocenters. The number of hydrogen-bond donors (Lipinski definition) is 1. The van der Waals surface area contributed by atoms with Crippen LogP contribution in [-0.4, -0.2) is 17.4 Å². The van der Waals surface area contributed by atoms with Gasteiger partial charge in [0.25, 0.3) is 0 Å². The van der Waals surface area contributed by atoms with Crippen LogP contribution in [0.5, 0.6) is 0 Å². The fourth-order valence-electron chi connectivity index (χ4n) is 3.08. The van der Waals surface area contributed by atoms with Gasteiger partial charge in [-0.3, -0.25) is 4.79 Å². The number of rotatable bonds is 5. The van der Waals surface area contributed by atoms with Crippen LogP contribution < -0.4 is 9.13 Å². The minimum absolute atomic E-state index is 0.268. The Morgan fingerprint density at radius 2 is 1.07 bits per heavy atom. The molecule has 4 rings (SSSR count). The fourth-order valence-corrected chi connectivity index (χ4v) is 3.08. The summed E-state index contributed by atoms with van der Waals surface area (Å²) in [7, 11) is 0. The van der Waals surface area contributed by atoms with Gasteiger partial charge in [-0.2, -0.15) is 9.13 Å². The number of hydrogen-bond acceptors (Lipinski definition) is 2. The lowest BCUT2D eigenvalue weighted by molar-refractivity contribution is -0.596. The van der Waals surface area contributed by atoms with E-state index < -0.39 is 5.97 Å². The Labute approximate surface area is 167 Å². The van der Waals surface area contributed by atoms with Crippen LogP contribution in [0.1, 0.15) is 20.7 Å². The molecule has 0 radical (unpaired) electrons. The van der Waals surface area contributed by atoms with E-state index in [1.807, 2.05) is 70.3 Å². The van der Waals surface area contributed by atoms with Gasteiger partial charge >= 0.3 is 5.97 Å². The zero-order valence-electron chi connectivity index (χ0n) is 15.5. The average molecular weight is 382 g/mol. The lowest BCUT2D eigenvalue weighted by Gasteiger charge is -2.02. The first-order valence-corrected chi connectivity index (χ1v) is 9.06. The molecule has 2 heterocycles. The lowest BCUT2D eigenvalue weighted by atomic mass is 10.1. The lowest BCUT2D eigenvalue weighted by Crippen LogP contribution is -2.29. The largest absolute Gasteiger partial charge is 0.478 e. The number of carbonyl (C=O) groups is 2. The molecule has 140 valence electrons. The van der Waals surface area contributed by atoms with Crippen LogP contribution in [0.4, 0.5) is 0 Å². The monoisotopic (exact) mass is 382 g/mol. The summed E-state index contributed by atoms with van der Waals surface area (Å²) in [5.41, 5.74) is 4.96. The third-order valence-electron chi connectivity index (χ3n) is 4.73. The highest BCUT2D eigenvalue weighted by molar-refractivity contribution is 5.87. The number of carbonyl (C=O) groups excluding carboxylic acids is 1. The van der Waals surface area contributed by atoms with E-state index in [1.54, 1.807) is 36.4 Å². The van der Waals surface area contributed by atoms with Gasteiger partial charge in [-0.05, 0) is 35.4 Å². The number of aromatic nitrogens is 2. The van der Waals surface area contributed by atoms with Crippen molar-refractivity contribution in [1.29, 1.82) is 0 Å². The van der Waals surface area contributed by atoms with E-state index in [-0.39, 0.29) is 5.56 Å². The quantitative estimate of drug-likeness (QED) is 0.425. The van der Waals surface area contributed by atoms with Crippen molar-refractivity contribution in [2.24, 2.45) is 0 Å². The van der Waals surface area contributed by atoms with E-state index >= 15 is 0 Å². The van der Waals surface area contributed by atoms with Gasteiger partial charge in [0.05, 0.1) is 5.56 Å². The van der Waals surface area contributed by atoms with Gasteiger partial charge in [0.1, 0.15) is 6.29 Å². The highest BCUT2D eigenvalue weighted by Crippen LogP contribution is 2.17. The number of aldehydes is 1. The highest BCUT2D eigenvalue weighted by atomic mass is 16.4. The standard InChI is InChI=1S/C24H17N2O3/c27-17-18-1-5-22(6-2-18)25-13-9-19(10-14-25)20-11-15-26(16-12-20)23-7-3-21(4-8-23)24(28)29/h1-17H/q+1/p+1.